The van der Waals surface area contributed by atoms with Gasteiger partial charge in [0.2, 0.25) is 0 Å². The summed E-state index contributed by atoms with van der Waals surface area (Å²) in [6.45, 7) is 0. The van der Waals surface area contributed by atoms with Crippen molar-refractivity contribution in [3.05, 3.63) is 112 Å². The molecule has 1 aliphatic rings. The third kappa shape index (κ3) is 7.98. The quantitative estimate of drug-likeness (QED) is 0.152. The Labute approximate surface area is 258 Å². The monoisotopic (exact) mass is 622 g/mol. The van der Waals surface area contributed by atoms with Crippen LogP contribution in [0.5, 0.6) is 17.2 Å². The number of carbonyl (C=O) groups excluding carboxylic acids is 1. The van der Waals surface area contributed by atoms with Crippen LogP contribution in [0.2, 0.25) is 10.0 Å². The predicted octanol–water partition coefficient (Wildman–Crippen LogP) is 8.72. The number of para-hydroxylation sites is 1. The molecule has 0 bridgehead atoms. The first-order valence-corrected chi connectivity index (χ1v) is 15.0. The molecular weight excluding hydrogens is 595 g/mol. The Balaban J connectivity index is 1.07. The van der Waals surface area contributed by atoms with E-state index >= 15 is 0 Å². The van der Waals surface area contributed by atoms with Crippen LogP contribution >= 0.6 is 35.1 Å². The third-order valence-corrected chi connectivity index (χ3v) is 8.47. The topological polar surface area (TPSA) is 96.9 Å². The molecule has 42 heavy (non-hydrogen) atoms. The number of carboxylic acid groups (broad SMARTS) is 1. The number of ether oxygens (including phenoxy) is 2. The van der Waals surface area contributed by atoms with Crippen molar-refractivity contribution < 1.29 is 24.2 Å². The SMILES string of the molecule is O=C(Nc1ccccc1C(=O)O)c1ccc(Oc2ccc(OC3CCC(NSc4ccc(Cl)c(Cl)c4)CC3)cc2)cc1. The van der Waals surface area contributed by atoms with Gasteiger partial charge in [-0.2, -0.15) is 0 Å². The zero-order valence-corrected chi connectivity index (χ0v) is 24.7. The normalized spacial score (nSPS) is 16.4. The van der Waals surface area contributed by atoms with E-state index in [0.29, 0.717) is 33.1 Å². The number of anilines is 1. The fourth-order valence-corrected chi connectivity index (χ4v) is 5.77. The maximum absolute atomic E-state index is 12.6. The van der Waals surface area contributed by atoms with Crippen molar-refractivity contribution in [1.29, 1.82) is 0 Å². The summed E-state index contributed by atoms with van der Waals surface area (Å²) in [5, 5.41) is 13.1. The van der Waals surface area contributed by atoms with E-state index in [2.05, 4.69) is 10.0 Å². The summed E-state index contributed by atoms with van der Waals surface area (Å²) in [4.78, 5) is 25.0. The summed E-state index contributed by atoms with van der Waals surface area (Å²) >= 11 is 13.7. The van der Waals surface area contributed by atoms with Crippen LogP contribution in [-0.4, -0.2) is 29.1 Å². The lowest BCUT2D eigenvalue weighted by atomic mass is 9.94. The molecule has 0 saturated heterocycles. The lowest BCUT2D eigenvalue weighted by molar-refractivity contribution is 0.0698. The van der Waals surface area contributed by atoms with Crippen LogP contribution in [0.3, 0.4) is 0 Å². The number of nitrogens with one attached hydrogen (secondary N) is 2. The van der Waals surface area contributed by atoms with Gasteiger partial charge in [0.05, 0.1) is 27.4 Å². The van der Waals surface area contributed by atoms with E-state index in [0.717, 1.165) is 36.3 Å². The average Bonchev–Trinajstić information content (AvgIpc) is 3.00. The van der Waals surface area contributed by atoms with Crippen molar-refractivity contribution in [3.63, 3.8) is 0 Å². The first kappa shape index (κ1) is 29.8. The zero-order valence-electron chi connectivity index (χ0n) is 22.4. The van der Waals surface area contributed by atoms with Crippen LogP contribution in [0.4, 0.5) is 5.69 Å². The van der Waals surface area contributed by atoms with E-state index in [-0.39, 0.29) is 17.4 Å². The van der Waals surface area contributed by atoms with Gasteiger partial charge in [-0.05, 0) is 116 Å². The van der Waals surface area contributed by atoms with Crippen molar-refractivity contribution in [2.24, 2.45) is 0 Å². The largest absolute Gasteiger partial charge is 0.490 e. The van der Waals surface area contributed by atoms with Gasteiger partial charge in [-0.15, -0.1) is 0 Å². The second-order valence-electron chi connectivity index (χ2n) is 9.79. The minimum absolute atomic E-state index is 0.0263. The Hall–Kier alpha value is -3.69. The Morgan fingerprint density at radius 3 is 2.10 bits per heavy atom. The number of rotatable bonds is 10. The molecule has 10 heteroatoms. The lowest BCUT2D eigenvalue weighted by Crippen LogP contribution is -2.33. The van der Waals surface area contributed by atoms with E-state index in [4.69, 9.17) is 32.7 Å². The first-order chi connectivity index (χ1) is 20.3. The van der Waals surface area contributed by atoms with Crippen molar-refractivity contribution in [3.8, 4) is 17.2 Å². The molecule has 216 valence electrons. The summed E-state index contributed by atoms with van der Waals surface area (Å²) in [7, 11) is 0. The smallest absolute Gasteiger partial charge is 0.337 e. The van der Waals surface area contributed by atoms with Crippen LogP contribution in [0.1, 0.15) is 46.4 Å². The highest BCUT2D eigenvalue weighted by Crippen LogP contribution is 2.31. The van der Waals surface area contributed by atoms with Crippen LogP contribution in [0.15, 0.2) is 95.9 Å². The van der Waals surface area contributed by atoms with E-state index < -0.39 is 11.9 Å². The molecule has 0 atom stereocenters. The molecule has 0 aromatic heterocycles. The number of amides is 1. The van der Waals surface area contributed by atoms with Crippen molar-refractivity contribution >= 4 is 52.7 Å². The van der Waals surface area contributed by atoms with Gasteiger partial charge in [0.15, 0.2) is 0 Å². The van der Waals surface area contributed by atoms with E-state index in [1.54, 1.807) is 60.5 Å². The standard InChI is InChI=1S/C32H28Cl2N2O5S/c33-28-18-17-26(19-29(28)34)42-36-21-7-11-23(12-8-21)41-25-15-13-24(14-16-25)40-22-9-5-20(6-10-22)31(37)35-30-4-2-1-3-27(30)32(38)39/h1-6,9-10,13-19,21,23,36H,7-8,11-12H2,(H,35,37)(H,38,39). The fourth-order valence-electron chi connectivity index (χ4n) is 4.55. The second-order valence-corrected chi connectivity index (χ2v) is 11.5. The Bertz CT molecular complexity index is 1540. The molecule has 1 fully saturated rings. The minimum Gasteiger partial charge on any atom is -0.490 e. The second kappa shape index (κ2) is 14.0. The molecule has 0 spiro atoms. The van der Waals surface area contributed by atoms with E-state index in [1.807, 2.05) is 36.4 Å². The number of carbonyl (C=O) groups is 2. The number of benzene rings is 4. The molecule has 5 rings (SSSR count). The van der Waals surface area contributed by atoms with Gasteiger partial charge in [0.1, 0.15) is 17.2 Å². The molecule has 4 aromatic carbocycles. The van der Waals surface area contributed by atoms with Gasteiger partial charge in [-0.1, -0.05) is 35.3 Å². The number of aromatic carboxylic acids is 1. The molecule has 1 saturated carbocycles. The maximum atomic E-state index is 12.6. The summed E-state index contributed by atoms with van der Waals surface area (Å²) in [6, 6.07) is 26.4. The van der Waals surface area contributed by atoms with Gasteiger partial charge < -0.3 is 19.9 Å². The van der Waals surface area contributed by atoms with Gasteiger partial charge in [-0.3, -0.25) is 9.52 Å². The molecule has 0 radical (unpaired) electrons. The molecule has 0 heterocycles. The molecule has 3 N–H and O–H groups in total. The fraction of sp³-hybridized carbons (Fsp3) is 0.188. The van der Waals surface area contributed by atoms with E-state index in [1.165, 1.54) is 6.07 Å². The molecule has 0 unspecified atom stereocenters. The first-order valence-electron chi connectivity index (χ1n) is 13.4. The molecule has 4 aromatic rings. The summed E-state index contributed by atoms with van der Waals surface area (Å²) in [6.07, 6.45) is 4.10. The highest BCUT2D eigenvalue weighted by atomic mass is 35.5. The molecule has 1 aliphatic carbocycles. The number of halogens is 2. The van der Waals surface area contributed by atoms with Gasteiger partial charge in [0.25, 0.3) is 5.91 Å². The zero-order chi connectivity index (χ0) is 29.5. The Morgan fingerprint density at radius 2 is 1.43 bits per heavy atom. The molecule has 0 aliphatic heterocycles. The number of carboxylic acids is 1. The summed E-state index contributed by atoms with van der Waals surface area (Å²) < 4.78 is 15.7. The van der Waals surface area contributed by atoms with Gasteiger partial charge >= 0.3 is 5.97 Å². The Morgan fingerprint density at radius 1 is 0.786 bits per heavy atom. The lowest BCUT2D eigenvalue weighted by Gasteiger charge is -2.29. The average molecular weight is 624 g/mol. The van der Waals surface area contributed by atoms with Crippen LogP contribution in [-0.2, 0) is 0 Å². The van der Waals surface area contributed by atoms with Crippen LogP contribution < -0.4 is 19.5 Å². The van der Waals surface area contributed by atoms with Gasteiger partial charge in [0, 0.05) is 16.5 Å². The number of hydrogen-bond acceptors (Lipinski definition) is 6. The number of hydrogen-bond donors (Lipinski definition) is 3. The van der Waals surface area contributed by atoms with Crippen LogP contribution in [0, 0.1) is 0 Å². The summed E-state index contributed by atoms with van der Waals surface area (Å²) in [5.41, 5.74) is 0.642. The highest BCUT2D eigenvalue weighted by Gasteiger charge is 2.22. The van der Waals surface area contributed by atoms with Crippen molar-refractivity contribution in [2.75, 3.05) is 5.32 Å². The van der Waals surface area contributed by atoms with E-state index in [9.17, 15) is 14.7 Å². The summed E-state index contributed by atoms with van der Waals surface area (Å²) in [5.74, 6) is 0.477. The molecule has 1 amide bonds. The molecular formula is C32H28Cl2N2O5S. The predicted molar refractivity (Wildman–Crippen MR) is 166 cm³/mol. The van der Waals surface area contributed by atoms with Gasteiger partial charge in [-0.25, -0.2) is 4.79 Å². The molecule has 7 nitrogen and oxygen atoms in total. The van der Waals surface area contributed by atoms with Crippen molar-refractivity contribution in [1.82, 2.24) is 4.72 Å². The van der Waals surface area contributed by atoms with Crippen molar-refractivity contribution in [2.45, 2.75) is 42.7 Å². The maximum Gasteiger partial charge on any atom is 0.337 e. The Kier molecular flexibility index (Phi) is 9.92. The highest BCUT2D eigenvalue weighted by molar-refractivity contribution is 7.97. The third-order valence-electron chi connectivity index (χ3n) is 6.79. The van der Waals surface area contributed by atoms with Crippen LogP contribution in [0.25, 0.3) is 0 Å². The minimum atomic E-state index is -1.11.